The van der Waals surface area contributed by atoms with E-state index in [2.05, 4.69) is 0 Å². The average Bonchev–Trinajstić information content (AvgIpc) is 2.65. The van der Waals surface area contributed by atoms with Crippen molar-refractivity contribution in [1.29, 1.82) is 0 Å². The van der Waals surface area contributed by atoms with Gasteiger partial charge in [-0.2, -0.15) is 0 Å². The van der Waals surface area contributed by atoms with E-state index < -0.39 is 0 Å². The molecular formula is C23H38O5. The summed E-state index contributed by atoms with van der Waals surface area (Å²) in [6.07, 6.45) is 11.1. The van der Waals surface area contributed by atoms with Gasteiger partial charge in [0.05, 0.1) is 18.8 Å². The van der Waals surface area contributed by atoms with Crippen LogP contribution >= 0.6 is 0 Å². The van der Waals surface area contributed by atoms with E-state index in [4.69, 9.17) is 13.9 Å². The van der Waals surface area contributed by atoms with E-state index in [-0.39, 0.29) is 17.5 Å². The van der Waals surface area contributed by atoms with Crippen LogP contribution in [-0.2, 0) is 28.8 Å². The highest BCUT2D eigenvalue weighted by molar-refractivity contribution is 5.66. The van der Waals surface area contributed by atoms with Gasteiger partial charge < -0.3 is 13.9 Å². The Hall–Kier alpha value is -1.78. The maximum Gasteiger partial charge on any atom is 0.302 e. The van der Waals surface area contributed by atoms with Crippen molar-refractivity contribution in [3.05, 3.63) is 27.1 Å². The Bertz CT molecular complexity index is 647. The van der Waals surface area contributed by atoms with Crippen LogP contribution in [0.5, 0.6) is 5.95 Å². The average molecular weight is 395 g/mol. The Morgan fingerprint density at radius 2 is 1.54 bits per heavy atom. The van der Waals surface area contributed by atoms with Gasteiger partial charge in [-0.05, 0) is 39.0 Å². The molecule has 160 valence electrons. The van der Waals surface area contributed by atoms with E-state index in [1.807, 2.05) is 20.8 Å². The second-order valence-corrected chi connectivity index (χ2v) is 7.44. The van der Waals surface area contributed by atoms with Gasteiger partial charge in [0.2, 0.25) is 0 Å². The highest BCUT2D eigenvalue weighted by atomic mass is 16.6. The number of esters is 1. The number of hydrogen-bond acceptors (Lipinski definition) is 5. The van der Waals surface area contributed by atoms with Gasteiger partial charge in [0, 0.05) is 18.9 Å². The molecular weight excluding hydrogens is 356 g/mol. The van der Waals surface area contributed by atoms with Gasteiger partial charge in [-0.1, -0.05) is 46.0 Å². The predicted octanol–water partition coefficient (Wildman–Crippen LogP) is 5.39. The number of aryl methyl sites for hydroxylation is 1. The summed E-state index contributed by atoms with van der Waals surface area (Å²) in [4.78, 5) is 23.5. The predicted molar refractivity (Wildman–Crippen MR) is 112 cm³/mol. The molecule has 0 aliphatic carbocycles. The first kappa shape index (κ1) is 24.3. The number of carbonyl (C=O) groups is 1. The van der Waals surface area contributed by atoms with Gasteiger partial charge in [0.15, 0.2) is 5.43 Å². The highest BCUT2D eigenvalue weighted by Crippen LogP contribution is 2.22. The van der Waals surface area contributed by atoms with E-state index in [1.165, 1.54) is 32.6 Å². The third kappa shape index (κ3) is 8.07. The molecule has 0 amide bonds. The molecule has 0 bridgehead atoms. The number of rotatable bonds is 14. The fraction of sp³-hybridized carbons (Fsp3) is 0.739. The van der Waals surface area contributed by atoms with Crippen LogP contribution in [0, 0.1) is 0 Å². The van der Waals surface area contributed by atoms with E-state index in [1.54, 1.807) is 7.11 Å². The maximum absolute atomic E-state index is 12.6. The molecule has 1 heterocycles. The molecule has 0 aliphatic rings. The van der Waals surface area contributed by atoms with Crippen molar-refractivity contribution in [2.45, 2.75) is 104 Å². The first-order valence-corrected chi connectivity index (χ1v) is 10.8. The third-order valence-electron chi connectivity index (χ3n) is 5.12. The van der Waals surface area contributed by atoms with Gasteiger partial charge in [-0.15, -0.1) is 0 Å². The molecule has 1 rings (SSSR count). The molecule has 0 saturated heterocycles. The Morgan fingerprint density at radius 1 is 0.964 bits per heavy atom. The minimum atomic E-state index is -0.198. The quantitative estimate of drug-likeness (QED) is 0.313. The molecule has 28 heavy (non-hydrogen) atoms. The molecule has 0 radical (unpaired) electrons. The van der Waals surface area contributed by atoms with E-state index in [0.29, 0.717) is 24.4 Å². The van der Waals surface area contributed by atoms with Crippen LogP contribution in [0.25, 0.3) is 0 Å². The fourth-order valence-corrected chi connectivity index (χ4v) is 3.61. The molecule has 5 nitrogen and oxygen atoms in total. The van der Waals surface area contributed by atoms with Crippen LogP contribution in [0.2, 0.25) is 0 Å². The fourth-order valence-electron chi connectivity index (χ4n) is 3.61. The Labute approximate surface area is 169 Å². The standard InChI is InChI=1S/C23H38O5/c1-6-19-21(28-23(26-5)20(7-2)22(19)25)16-14-12-10-8-9-11-13-15-17(3)27-18(4)24/h17H,6-16H2,1-5H3/t17-/m0/s1. The Kier molecular flexibility index (Phi) is 11.6. The van der Waals surface area contributed by atoms with Gasteiger partial charge in [0.1, 0.15) is 5.76 Å². The first-order chi connectivity index (χ1) is 13.4. The Morgan fingerprint density at radius 3 is 2.07 bits per heavy atom. The zero-order valence-corrected chi connectivity index (χ0v) is 18.4. The summed E-state index contributed by atoms with van der Waals surface area (Å²) < 4.78 is 16.3. The van der Waals surface area contributed by atoms with Gasteiger partial charge in [0.25, 0.3) is 5.95 Å². The molecule has 0 aromatic carbocycles. The van der Waals surface area contributed by atoms with Crippen molar-refractivity contribution in [2.75, 3.05) is 7.11 Å². The normalized spacial score (nSPS) is 12.0. The van der Waals surface area contributed by atoms with Gasteiger partial charge >= 0.3 is 5.97 Å². The van der Waals surface area contributed by atoms with Gasteiger partial charge in [-0.3, -0.25) is 9.59 Å². The summed E-state index contributed by atoms with van der Waals surface area (Å²) in [6.45, 7) is 7.36. The van der Waals surface area contributed by atoms with Crippen molar-refractivity contribution in [3.8, 4) is 5.95 Å². The minimum absolute atomic E-state index is 0.0241. The van der Waals surface area contributed by atoms with Crippen LogP contribution < -0.4 is 10.2 Å². The SMILES string of the molecule is CCc1c(CCCCCCCCC[C@H](C)OC(C)=O)oc(OC)c(CC)c1=O. The lowest BCUT2D eigenvalue weighted by molar-refractivity contribution is -0.145. The summed E-state index contributed by atoms with van der Waals surface area (Å²) in [6, 6.07) is 0. The number of unbranched alkanes of at least 4 members (excludes halogenated alkanes) is 6. The molecule has 0 aliphatic heterocycles. The molecule has 0 N–H and O–H groups in total. The number of methoxy groups -OCH3 is 1. The number of hydrogen-bond donors (Lipinski definition) is 0. The van der Waals surface area contributed by atoms with Gasteiger partial charge in [-0.25, -0.2) is 0 Å². The van der Waals surface area contributed by atoms with Crippen molar-refractivity contribution in [3.63, 3.8) is 0 Å². The third-order valence-corrected chi connectivity index (χ3v) is 5.12. The van der Waals surface area contributed by atoms with Crippen LogP contribution in [0.3, 0.4) is 0 Å². The molecule has 5 heteroatoms. The molecule has 0 unspecified atom stereocenters. The Balaban J connectivity index is 2.30. The van der Waals surface area contributed by atoms with E-state index in [0.717, 1.165) is 43.4 Å². The largest absolute Gasteiger partial charge is 0.468 e. The summed E-state index contributed by atoms with van der Waals surface area (Å²) in [5, 5.41) is 0. The lowest BCUT2D eigenvalue weighted by atomic mass is 10.0. The molecule has 1 aromatic rings. The lowest BCUT2D eigenvalue weighted by Crippen LogP contribution is -2.17. The van der Waals surface area contributed by atoms with E-state index >= 15 is 0 Å². The van der Waals surface area contributed by atoms with Crippen LogP contribution in [0.15, 0.2) is 9.21 Å². The van der Waals surface area contributed by atoms with Crippen LogP contribution in [0.4, 0.5) is 0 Å². The molecule has 0 fully saturated rings. The number of ether oxygens (including phenoxy) is 2. The van der Waals surface area contributed by atoms with Crippen molar-refractivity contribution in [2.24, 2.45) is 0 Å². The van der Waals surface area contributed by atoms with Crippen molar-refractivity contribution in [1.82, 2.24) is 0 Å². The summed E-state index contributed by atoms with van der Waals surface area (Å²) >= 11 is 0. The van der Waals surface area contributed by atoms with Crippen molar-refractivity contribution < 1.29 is 18.7 Å². The lowest BCUT2D eigenvalue weighted by Gasteiger charge is -2.12. The minimum Gasteiger partial charge on any atom is -0.468 e. The highest BCUT2D eigenvalue weighted by Gasteiger charge is 2.17. The van der Waals surface area contributed by atoms with E-state index in [9.17, 15) is 9.59 Å². The molecule has 0 saturated carbocycles. The zero-order valence-electron chi connectivity index (χ0n) is 18.4. The van der Waals surface area contributed by atoms with Crippen LogP contribution in [0.1, 0.15) is 95.9 Å². The topological polar surface area (TPSA) is 65.7 Å². The zero-order chi connectivity index (χ0) is 20.9. The molecule has 1 aromatic heterocycles. The first-order valence-electron chi connectivity index (χ1n) is 10.8. The number of carbonyl (C=O) groups excluding carboxylic acids is 1. The summed E-state index contributed by atoms with van der Waals surface area (Å²) in [5.74, 6) is 0.972. The summed E-state index contributed by atoms with van der Waals surface area (Å²) in [5.41, 5.74) is 1.54. The second kappa shape index (κ2) is 13.4. The van der Waals surface area contributed by atoms with Crippen molar-refractivity contribution >= 4 is 5.97 Å². The smallest absolute Gasteiger partial charge is 0.302 e. The molecule has 0 spiro atoms. The second-order valence-electron chi connectivity index (χ2n) is 7.44. The monoisotopic (exact) mass is 394 g/mol. The molecule has 1 atom stereocenters. The van der Waals surface area contributed by atoms with Crippen LogP contribution in [-0.4, -0.2) is 19.2 Å². The maximum atomic E-state index is 12.6. The summed E-state index contributed by atoms with van der Waals surface area (Å²) in [7, 11) is 1.56.